The first-order chi connectivity index (χ1) is 11.1. The number of hydrogen-bond donors (Lipinski definition) is 1. The minimum Gasteiger partial charge on any atom is -0.508 e. The number of phenolic OH excluding ortho intramolecular Hbond substituents is 1. The Balaban J connectivity index is 2.61. The number of hydrogen-bond acceptors (Lipinski definition) is 1. The minimum atomic E-state index is 0.129. The van der Waals surface area contributed by atoms with Crippen molar-refractivity contribution in [2.45, 2.75) is 103 Å². The van der Waals surface area contributed by atoms with Crippen molar-refractivity contribution in [2.24, 2.45) is 0 Å². The maximum atomic E-state index is 10.3. The molecule has 0 saturated carbocycles. The number of phenols is 1. The molecule has 0 unspecified atom stereocenters. The van der Waals surface area contributed by atoms with Crippen LogP contribution in [0.3, 0.4) is 0 Å². The highest BCUT2D eigenvalue weighted by molar-refractivity contribution is 5.38. The molecule has 0 bridgehead atoms. The summed E-state index contributed by atoms with van der Waals surface area (Å²) in [5, 5.41) is 10.3. The molecule has 0 spiro atoms. The first-order valence-corrected chi connectivity index (χ1v) is 9.92. The summed E-state index contributed by atoms with van der Waals surface area (Å²) >= 11 is 0. The van der Waals surface area contributed by atoms with Crippen LogP contribution in [0.4, 0.5) is 0 Å². The quantitative estimate of drug-likeness (QED) is 0.376. The summed E-state index contributed by atoms with van der Waals surface area (Å²) in [6, 6.07) is 7.98. The maximum absolute atomic E-state index is 10.3. The van der Waals surface area contributed by atoms with Crippen LogP contribution in [-0.2, 0) is 5.41 Å². The van der Waals surface area contributed by atoms with Crippen LogP contribution in [-0.4, -0.2) is 5.11 Å². The van der Waals surface area contributed by atoms with Crippen LogP contribution < -0.4 is 0 Å². The van der Waals surface area contributed by atoms with Gasteiger partial charge in [-0.05, 0) is 29.9 Å². The predicted molar refractivity (Wildman–Crippen MR) is 102 cm³/mol. The van der Waals surface area contributed by atoms with E-state index in [1.54, 1.807) is 0 Å². The van der Waals surface area contributed by atoms with E-state index in [4.69, 9.17) is 0 Å². The van der Waals surface area contributed by atoms with Gasteiger partial charge in [-0.3, -0.25) is 0 Å². The number of rotatable bonds is 13. The van der Waals surface area contributed by atoms with Crippen molar-refractivity contribution in [3.63, 3.8) is 0 Å². The van der Waals surface area contributed by atoms with Crippen molar-refractivity contribution in [1.82, 2.24) is 0 Å². The summed E-state index contributed by atoms with van der Waals surface area (Å²) in [5.74, 6) is 0.483. The van der Waals surface area contributed by atoms with Gasteiger partial charge >= 0.3 is 0 Å². The van der Waals surface area contributed by atoms with Gasteiger partial charge in [0.1, 0.15) is 5.75 Å². The van der Waals surface area contributed by atoms with Crippen LogP contribution in [0, 0.1) is 0 Å². The average molecular weight is 319 g/mol. The van der Waals surface area contributed by atoms with Gasteiger partial charge in [0.2, 0.25) is 0 Å². The zero-order chi connectivity index (χ0) is 17.0. The molecule has 0 saturated heterocycles. The number of aromatic hydroxyl groups is 1. The molecular formula is C22H38O. The number of benzene rings is 1. The van der Waals surface area contributed by atoms with Crippen molar-refractivity contribution in [1.29, 1.82) is 0 Å². The first-order valence-electron chi connectivity index (χ1n) is 9.92. The average Bonchev–Trinajstić information content (AvgIpc) is 2.55. The lowest BCUT2D eigenvalue weighted by Gasteiger charge is -2.31. The second-order valence-corrected chi connectivity index (χ2v) is 7.41. The zero-order valence-corrected chi connectivity index (χ0v) is 15.7. The van der Waals surface area contributed by atoms with Gasteiger partial charge in [-0.15, -0.1) is 0 Å². The van der Waals surface area contributed by atoms with E-state index < -0.39 is 0 Å². The van der Waals surface area contributed by atoms with Gasteiger partial charge in [-0.25, -0.2) is 0 Å². The number of unbranched alkanes of at least 4 members (excludes halogenated alkanes) is 8. The van der Waals surface area contributed by atoms with Gasteiger partial charge < -0.3 is 5.11 Å². The van der Waals surface area contributed by atoms with Crippen LogP contribution >= 0.6 is 0 Å². The summed E-state index contributed by atoms with van der Waals surface area (Å²) in [4.78, 5) is 0. The monoisotopic (exact) mass is 318 g/mol. The van der Waals surface area contributed by atoms with Gasteiger partial charge in [0.05, 0.1) is 0 Å². The topological polar surface area (TPSA) is 20.2 Å². The molecule has 1 aromatic rings. The highest BCUT2D eigenvalue weighted by Crippen LogP contribution is 2.39. The zero-order valence-electron chi connectivity index (χ0n) is 15.7. The smallest absolute Gasteiger partial charge is 0.119 e. The van der Waals surface area contributed by atoms with Crippen LogP contribution in [0.25, 0.3) is 0 Å². The summed E-state index contributed by atoms with van der Waals surface area (Å²) in [7, 11) is 0. The van der Waals surface area contributed by atoms with E-state index in [1.807, 2.05) is 12.1 Å². The molecule has 1 heteroatoms. The Morgan fingerprint density at radius 3 is 1.70 bits per heavy atom. The van der Waals surface area contributed by atoms with E-state index in [-0.39, 0.29) is 5.41 Å². The van der Waals surface area contributed by atoms with Gasteiger partial charge in [-0.1, -0.05) is 103 Å². The predicted octanol–water partition coefficient (Wildman–Crippen LogP) is 7.37. The molecule has 0 aliphatic carbocycles. The Kier molecular flexibility index (Phi) is 10.1. The number of para-hydroxylation sites is 1. The van der Waals surface area contributed by atoms with Crippen molar-refractivity contribution < 1.29 is 5.11 Å². The summed E-state index contributed by atoms with van der Waals surface area (Å²) in [5.41, 5.74) is 1.29. The van der Waals surface area contributed by atoms with E-state index in [0.717, 1.165) is 5.56 Å². The lowest BCUT2D eigenvalue weighted by Crippen LogP contribution is -2.22. The van der Waals surface area contributed by atoms with Gasteiger partial charge in [-0.2, -0.15) is 0 Å². The Morgan fingerprint density at radius 2 is 1.22 bits per heavy atom. The molecule has 1 rings (SSSR count). The van der Waals surface area contributed by atoms with Crippen molar-refractivity contribution in [3.05, 3.63) is 29.8 Å². The fourth-order valence-corrected chi connectivity index (χ4v) is 3.62. The fourth-order valence-electron chi connectivity index (χ4n) is 3.62. The van der Waals surface area contributed by atoms with E-state index in [1.165, 1.54) is 77.0 Å². The molecule has 0 fully saturated rings. The van der Waals surface area contributed by atoms with E-state index in [0.29, 0.717) is 5.75 Å². The second kappa shape index (κ2) is 11.5. The molecule has 0 radical (unpaired) electrons. The van der Waals surface area contributed by atoms with E-state index in [9.17, 15) is 5.11 Å². The lowest BCUT2D eigenvalue weighted by molar-refractivity contribution is 0.346. The molecule has 1 N–H and O–H groups in total. The third kappa shape index (κ3) is 7.42. The van der Waals surface area contributed by atoms with Crippen LogP contribution in [0.15, 0.2) is 24.3 Å². The lowest BCUT2D eigenvalue weighted by atomic mass is 9.74. The van der Waals surface area contributed by atoms with Crippen LogP contribution in [0.5, 0.6) is 5.75 Å². The van der Waals surface area contributed by atoms with E-state index in [2.05, 4.69) is 32.9 Å². The summed E-state index contributed by atoms with van der Waals surface area (Å²) in [6.45, 7) is 6.90. The van der Waals surface area contributed by atoms with Crippen LogP contribution in [0.1, 0.15) is 103 Å². The molecule has 0 aliphatic rings. The SMILES string of the molecule is CCCCCCCC(C)(CCCCCCC)c1ccccc1O. The molecule has 0 atom stereocenters. The molecule has 0 amide bonds. The van der Waals surface area contributed by atoms with E-state index >= 15 is 0 Å². The van der Waals surface area contributed by atoms with Gasteiger partial charge in [0, 0.05) is 0 Å². The normalized spacial score (nSPS) is 11.8. The largest absolute Gasteiger partial charge is 0.508 e. The van der Waals surface area contributed by atoms with Gasteiger partial charge in [0.15, 0.2) is 0 Å². The maximum Gasteiger partial charge on any atom is 0.119 e. The second-order valence-electron chi connectivity index (χ2n) is 7.41. The fraction of sp³-hybridized carbons (Fsp3) is 0.727. The Bertz CT molecular complexity index is 396. The molecule has 23 heavy (non-hydrogen) atoms. The van der Waals surface area contributed by atoms with Crippen molar-refractivity contribution >= 4 is 0 Å². The summed E-state index contributed by atoms with van der Waals surface area (Å²) in [6.07, 6.45) is 15.6. The Hall–Kier alpha value is -0.980. The van der Waals surface area contributed by atoms with Crippen molar-refractivity contribution in [2.75, 3.05) is 0 Å². The standard InChI is InChI=1S/C22H38O/c1-4-6-8-10-14-18-22(3,19-15-11-9-7-5-2)20-16-12-13-17-21(20)23/h12-13,16-17,23H,4-11,14-15,18-19H2,1-3H3. The third-order valence-electron chi connectivity index (χ3n) is 5.22. The highest BCUT2D eigenvalue weighted by atomic mass is 16.3. The third-order valence-corrected chi connectivity index (χ3v) is 5.22. The van der Waals surface area contributed by atoms with Crippen LogP contribution in [0.2, 0.25) is 0 Å². The Morgan fingerprint density at radius 1 is 0.739 bits per heavy atom. The molecule has 1 nitrogen and oxygen atoms in total. The van der Waals surface area contributed by atoms with Crippen molar-refractivity contribution in [3.8, 4) is 5.75 Å². The Labute approximate surface area is 144 Å². The molecule has 132 valence electrons. The highest BCUT2D eigenvalue weighted by Gasteiger charge is 2.28. The molecular weight excluding hydrogens is 280 g/mol. The molecule has 0 aromatic heterocycles. The molecule has 1 aromatic carbocycles. The molecule has 0 heterocycles. The van der Waals surface area contributed by atoms with Gasteiger partial charge in [0.25, 0.3) is 0 Å². The molecule has 0 aliphatic heterocycles. The minimum absolute atomic E-state index is 0.129. The summed E-state index contributed by atoms with van der Waals surface area (Å²) < 4.78 is 0. The first kappa shape index (κ1) is 20.1.